The van der Waals surface area contributed by atoms with E-state index in [1.54, 1.807) is 13.0 Å². The van der Waals surface area contributed by atoms with Gasteiger partial charge in [-0.1, -0.05) is 0 Å². The van der Waals surface area contributed by atoms with Crippen LogP contribution in [0.5, 0.6) is 0 Å². The highest BCUT2D eigenvalue weighted by molar-refractivity contribution is 5.81. The molecule has 4 aliphatic rings. The van der Waals surface area contributed by atoms with Crippen LogP contribution in [0.3, 0.4) is 0 Å². The van der Waals surface area contributed by atoms with Gasteiger partial charge in [-0.15, -0.1) is 0 Å². The molecule has 1 aliphatic heterocycles. The van der Waals surface area contributed by atoms with E-state index >= 15 is 0 Å². The maximum absolute atomic E-state index is 13.9. The van der Waals surface area contributed by atoms with E-state index in [0.717, 1.165) is 0 Å². The summed E-state index contributed by atoms with van der Waals surface area (Å²) in [6.07, 6.45) is -2.55. The second-order valence-electron chi connectivity index (χ2n) is 10.6. The van der Waals surface area contributed by atoms with Crippen LogP contribution in [0.15, 0.2) is 18.5 Å². The van der Waals surface area contributed by atoms with Gasteiger partial charge in [0.1, 0.15) is 12.2 Å². The largest absolute Gasteiger partial charge is 0.394 e. The average Bonchev–Trinajstić information content (AvgIpc) is 3.56. The quantitative estimate of drug-likeness (QED) is 0.425. The summed E-state index contributed by atoms with van der Waals surface area (Å²) in [5.41, 5.74) is 0.350. The number of morpholine rings is 1. The summed E-state index contributed by atoms with van der Waals surface area (Å²) in [6.45, 7) is 1.36. The molecule has 38 heavy (non-hydrogen) atoms. The van der Waals surface area contributed by atoms with Crippen LogP contribution in [-0.2, 0) is 4.74 Å². The Morgan fingerprint density at radius 3 is 2.55 bits per heavy atom. The van der Waals surface area contributed by atoms with Gasteiger partial charge in [0.2, 0.25) is 5.95 Å². The summed E-state index contributed by atoms with van der Waals surface area (Å²) in [4.78, 5) is 15.8. The lowest BCUT2D eigenvalue weighted by Gasteiger charge is -2.39. The van der Waals surface area contributed by atoms with Gasteiger partial charge < -0.3 is 9.64 Å². The maximum atomic E-state index is 13.9. The first-order valence-corrected chi connectivity index (χ1v) is 12.4. The monoisotopic (exact) mass is 533 g/mol. The number of aryl methyl sites for hydroxylation is 1. The molecule has 3 aromatic rings. The first-order valence-electron chi connectivity index (χ1n) is 12.4. The molecule has 4 heterocycles. The van der Waals surface area contributed by atoms with Gasteiger partial charge in [-0.3, -0.25) is 0 Å². The lowest BCUT2D eigenvalue weighted by molar-refractivity contribution is -0.244. The number of rotatable bonds is 4. The van der Waals surface area contributed by atoms with Crippen molar-refractivity contribution in [3.8, 4) is 6.07 Å². The molecule has 3 aromatic heterocycles. The molecule has 3 saturated carbocycles. The summed E-state index contributed by atoms with van der Waals surface area (Å²) in [5, 5.41) is 13.7. The van der Waals surface area contributed by atoms with E-state index in [1.807, 2.05) is 11.8 Å². The number of hydrogen-bond acceptors (Lipinski definition) is 7. The Hall–Kier alpha value is -3.40. The molecule has 7 rings (SSSR count). The predicted molar refractivity (Wildman–Crippen MR) is 124 cm³/mol. The van der Waals surface area contributed by atoms with E-state index in [-0.39, 0.29) is 43.8 Å². The summed E-state index contributed by atoms with van der Waals surface area (Å²) in [7, 11) is 0. The second kappa shape index (κ2) is 8.56. The number of ether oxygens (including phenoxy) is 1. The third-order valence-corrected chi connectivity index (χ3v) is 8.19. The van der Waals surface area contributed by atoms with Gasteiger partial charge in [-0.25, -0.2) is 14.6 Å². The van der Waals surface area contributed by atoms with E-state index in [0.29, 0.717) is 44.8 Å². The first-order chi connectivity index (χ1) is 18.0. The van der Waals surface area contributed by atoms with Crippen LogP contribution in [0.2, 0.25) is 0 Å². The van der Waals surface area contributed by atoms with E-state index in [4.69, 9.17) is 9.72 Å². The summed E-state index contributed by atoms with van der Waals surface area (Å²) < 4.78 is 74.2. The molecule has 1 saturated heterocycles. The van der Waals surface area contributed by atoms with Crippen LogP contribution in [0, 0.1) is 29.6 Å². The van der Waals surface area contributed by atoms with E-state index in [9.17, 15) is 27.2 Å². The van der Waals surface area contributed by atoms with Crippen molar-refractivity contribution in [3.63, 3.8) is 0 Å². The predicted octanol–water partition coefficient (Wildman–Crippen LogP) is 5.21. The zero-order valence-electron chi connectivity index (χ0n) is 20.6. The summed E-state index contributed by atoms with van der Waals surface area (Å²) in [6, 6.07) is 3.71. The maximum Gasteiger partial charge on any atom is 0.394 e. The highest BCUT2D eigenvalue weighted by Crippen LogP contribution is 2.70. The molecule has 13 heteroatoms. The van der Waals surface area contributed by atoms with Gasteiger partial charge in [0, 0.05) is 29.6 Å². The highest BCUT2D eigenvalue weighted by Gasteiger charge is 2.69. The molecular weight excluding hydrogens is 509 g/mol. The summed E-state index contributed by atoms with van der Waals surface area (Å²) >= 11 is 0. The van der Waals surface area contributed by atoms with E-state index < -0.39 is 30.2 Å². The van der Waals surface area contributed by atoms with E-state index in [1.165, 1.54) is 12.4 Å². The van der Waals surface area contributed by atoms with Crippen molar-refractivity contribution in [3.05, 3.63) is 41.0 Å². The van der Waals surface area contributed by atoms with Gasteiger partial charge in [-0.2, -0.15) is 37.3 Å². The molecule has 3 aliphatic carbocycles. The fourth-order valence-electron chi connectivity index (χ4n) is 6.27. The Morgan fingerprint density at radius 2 is 1.92 bits per heavy atom. The van der Waals surface area contributed by atoms with Crippen molar-refractivity contribution in [1.82, 2.24) is 24.7 Å². The van der Waals surface area contributed by atoms with E-state index in [2.05, 4.69) is 21.1 Å². The van der Waals surface area contributed by atoms with Gasteiger partial charge in [0.05, 0.1) is 41.2 Å². The molecule has 0 aromatic carbocycles. The standard InChI is InChI=1S/C25H24F5N7O/c1-12-9-36(11-19(38-12)16-8-32-37(10-16)22(26)27)23-34-20(17-3-14(7-31)13(2)33-21(17)35-23)18-6-24(25(28,29)30)4-15(18)5-24/h3,8,10,12,15,18-19,22H,4-6,9,11H2,1-2H3/t12-,15?,18+,19-,24?/m1/s1. The molecule has 0 radical (unpaired) electrons. The first kappa shape index (κ1) is 24.9. The minimum absolute atomic E-state index is 0.0581. The lowest BCUT2D eigenvalue weighted by atomic mass is 9.68. The van der Waals surface area contributed by atoms with Crippen molar-refractivity contribution in [2.24, 2.45) is 11.3 Å². The number of pyridine rings is 1. The minimum Gasteiger partial charge on any atom is -0.367 e. The van der Waals surface area contributed by atoms with Gasteiger partial charge in [0.25, 0.3) is 0 Å². The molecule has 3 atom stereocenters. The fourth-order valence-corrected chi connectivity index (χ4v) is 6.27. The molecule has 0 amide bonds. The zero-order chi connectivity index (χ0) is 27.0. The normalized spacial score (nSPS) is 29.1. The van der Waals surface area contributed by atoms with Crippen LogP contribution >= 0.6 is 0 Å². The molecule has 0 spiro atoms. The number of halogens is 5. The zero-order valence-corrected chi connectivity index (χ0v) is 20.6. The molecule has 200 valence electrons. The molecule has 8 nitrogen and oxygen atoms in total. The molecule has 0 N–H and O–H groups in total. The fraction of sp³-hybridized carbons (Fsp3) is 0.560. The Morgan fingerprint density at radius 1 is 1.16 bits per heavy atom. The number of fused-ring (bicyclic) bond motifs is 2. The number of nitriles is 1. The Balaban J connectivity index is 1.41. The van der Waals surface area contributed by atoms with Crippen LogP contribution < -0.4 is 4.90 Å². The minimum atomic E-state index is -4.29. The number of alkyl halides is 5. The van der Waals surface area contributed by atoms with Crippen LogP contribution in [0.1, 0.15) is 67.3 Å². The lowest BCUT2D eigenvalue weighted by Crippen LogP contribution is -2.43. The number of anilines is 1. The third kappa shape index (κ3) is 3.88. The molecule has 4 fully saturated rings. The third-order valence-electron chi connectivity index (χ3n) is 8.19. The average molecular weight is 534 g/mol. The van der Waals surface area contributed by atoms with Crippen LogP contribution in [0.4, 0.5) is 27.9 Å². The van der Waals surface area contributed by atoms with Crippen molar-refractivity contribution in [1.29, 1.82) is 5.26 Å². The molecule has 0 unspecified atom stereocenters. The number of hydrogen-bond donors (Lipinski definition) is 0. The van der Waals surface area contributed by atoms with Crippen molar-refractivity contribution in [2.75, 3.05) is 18.0 Å². The van der Waals surface area contributed by atoms with Crippen molar-refractivity contribution >= 4 is 17.0 Å². The van der Waals surface area contributed by atoms with Gasteiger partial charge >= 0.3 is 12.7 Å². The number of nitrogens with zero attached hydrogens (tertiary/aromatic N) is 7. The second-order valence-corrected chi connectivity index (χ2v) is 10.6. The SMILES string of the molecule is Cc1nc2nc(N3C[C@@H](C)O[C@@H](c4cnn(C(F)F)c4)C3)nc([C@H]3CC4(C(F)(F)F)CC3C4)c2cc1C#N. The Kier molecular flexibility index (Phi) is 5.61. The molecular formula is C25H24F5N7O. The van der Waals surface area contributed by atoms with Crippen LogP contribution in [0.25, 0.3) is 11.0 Å². The smallest absolute Gasteiger partial charge is 0.367 e. The van der Waals surface area contributed by atoms with Crippen molar-refractivity contribution in [2.45, 2.75) is 64.0 Å². The van der Waals surface area contributed by atoms with Crippen molar-refractivity contribution < 1.29 is 26.7 Å². The summed E-state index contributed by atoms with van der Waals surface area (Å²) in [5.74, 6) is -0.308. The molecule has 2 bridgehead atoms. The number of aromatic nitrogens is 5. The van der Waals surface area contributed by atoms with Gasteiger partial charge in [-0.05, 0) is 45.1 Å². The topological polar surface area (TPSA) is 92.8 Å². The Labute approximate surface area is 214 Å². The van der Waals surface area contributed by atoms with Gasteiger partial charge in [0.15, 0.2) is 5.65 Å². The highest BCUT2D eigenvalue weighted by atomic mass is 19.4. The Bertz CT molecular complexity index is 1440. The van der Waals surface area contributed by atoms with Crippen LogP contribution in [-0.4, -0.2) is 50.1 Å².